The molecule has 3 rings (SSSR count). The zero-order valence-electron chi connectivity index (χ0n) is 10.8. The molecule has 0 saturated carbocycles. The number of fused-ring (bicyclic) bond motifs is 1. The van der Waals surface area contributed by atoms with Crippen LogP contribution in [0.4, 0.5) is 0 Å². The van der Waals surface area contributed by atoms with Gasteiger partial charge in [-0.2, -0.15) is 0 Å². The molecule has 3 aromatic rings. The van der Waals surface area contributed by atoms with Gasteiger partial charge in [0.25, 0.3) is 5.56 Å². The number of aryl methyl sites for hydroxylation is 2. The first-order valence-electron chi connectivity index (χ1n) is 6.05. The normalized spacial score (nSPS) is 11.1. The van der Waals surface area contributed by atoms with Crippen molar-refractivity contribution in [2.45, 2.75) is 11.7 Å². The molecule has 0 N–H and O–H groups in total. The number of rotatable bonds is 4. The maximum Gasteiger partial charge on any atom is 0.261 e. The van der Waals surface area contributed by atoms with Crippen LogP contribution in [0, 0.1) is 0 Å². The lowest BCUT2D eigenvalue weighted by molar-refractivity contribution is 0.662. The Balaban J connectivity index is 1.76. The van der Waals surface area contributed by atoms with E-state index >= 15 is 0 Å². The monoisotopic (exact) mass is 288 g/mol. The Kier molecular flexibility index (Phi) is 3.46. The second-order valence-electron chi connectivity index (χ2n) is 4.19. The molecule has 2 heterocycles. The van der Waals surface area contributed by atoms with E-state index in [1.54, 1.807) is 28.7 Å². The van der Waals surface area contributed by atoms with Crippen LogP contribution in [0.15, 0.2) is 40.5 Å². The molecular weight excluding hydrogens is 276 g/mol. The zero-order chi connectivity index (χ0) is 13.9. The van der Waals surface area contributed by atoms with Gasteiger partial charge in [-0.25, -0.2) is 9.67 Å². The van der Waals surface area contributed by atoms with Gasteiger partial charge in [0.05, 0.1) is 17.2 Å². The summed E-state index contributed by atoms with van der Waals surface area (Å²) in [5, 5.41) is 12.6. The predicted molar refractivity (Wildman–Crippen MR) is 75.5 cm³/mol. The van der Waals surface area contributed by atoms with Gasteiger partial charge in [-0.15, -0.1) is 5.10 Å². The summed E-state index contributed by atoms with van der Waals surface area (Å²) in [6, 6.07) is 7.34. The molecule has 0 saturated heterocycles. The molecule has 0 spiro atoms. The van der Waals surface area contributed by atoms with Crippen LogP contribution in [-0.2, 0) is 13.6 Å². The van der Waals surface area contributed by atoms with E-state index in [0.717, 1.165) is 10.7 Å². The van der Waals surface area contributed by atoms with Gasteiger partial charge in [0, 0.05) is 19.3 Å². The molecule has 0 atom stereocenters. The second-order valence-corrected chi connectivity index (χ2v) is 5.26. The highest BCUT2D eigenvalue weighted by atomic mass is 32.2. The molecule has 0 radical (unpaired) electrons. The van der Waals surface area contributed by atoms with Crippen LogP contribution < -0.4 is 5.56 Å². The van der Waals surface area contributed by atoms with Crippen molar-refractivity contribution in [2.75, 3.05) is 5.75 Å². The summed E-state index contributed by atoms with van der Waals surface area (Å²) in [4.78, 5) is 16.5. The number of benzene rings is 1. The highest BCUT2D eigenvalue weighted by Gasteiger charge is 2.05. The Morgan fingerprint density at radius 1 is 1.30 bits per heavy atom. The molecule has 0 aliphatic carbocycles. The molecule has 1 aromatic carbocycles. The van der Waals surface area contributed by atoms with Crippen molar-refractivity contribution >= 4 is 22.7 Å². The Labute approximate surface area is 118 Å². The van der Waals surface area contributed by atoms with E-state index in [-0.39, 0.29) is 5.56 Å². The van der Waals surface area contributed by atoms with Gasteiger partial charge >= 0.3 is 0 Å². The number of hydrogen-bond acceptors (Lipinski definition) is 6. The van der Waals surface area contributed by atoms with Crippen molar-refractivity contribution in [1.29, 1.82) is 0 Å². The van der Waals surface area contributed by atoms with Crippen molar-refractivity contribution in [3.8, 4) is 0 Å². The zero-order valence-corrected chi connectivity index (χ0v) is 11.6. The van der Waals surface area contributed by atoms with Gasteiger partial charge in [-0.3, -0.25) is 9.36 Å². The molecule has 102 valence electrons. The summed E-state index contributed by atoms with van der Waals surface area (Å²) in [5.41, 5.74) is 0.700. The van der Waals surface area contributed by atoms with Crippen molar-refractivity contribution in [1.82, 2.24) is 29.8 Å². The molecule has 2 aromatic heterocycles. The minimum Gasteiger partial charge on any atom is -0.298 e. The van der Waals surface area contributed by atoms with Gasteiger partial charge in [0.1, 0.15) is 0 Å². The number of thioether (sulfide) groups is 1. The van der Waals surface area contributed by atoms with E-state index < -0.39 is 0 Å². The molecule has 0 aliphatic heterocycles. The summed E-state index contributed by atoms with van der Waals surface area (Å²) in [6.07, 6.45) is 1.58. The van der Waals surface area contributed by atoms with Crippen LogP contribution >= 0.6 is 11.8 Å². The van der Waals surface area contributed by atoms with E-state index in [9.17, 15) is 4.79 Å². The SMILES string of the molecule is Cn1nnnc1SCCn1cnc2ccccc2c1=O. The van der Waals surface area contributed by atoms with Gasteiger partial charge in [0.2, 0.25) is 5.16 Å². The third kappa shape index (κ3) is 2.42. The lowest BCUT2D eigenvalue weighted by Gasteiger charge is -2.05. The molecule has 0 fully saturated rings. The summed E-state index contributed by atoms with van der Waals surface area (Å²) in [7, 11) is 1.78. The molecule has 20 heavy (non-hydrogen) atoms. The number of tetrazole rings is 1. The van der Waals surface area contributed by atoms with E-state index in [1.807, 2.05) is 18.2 Å². The van der Waals surface area contributed by atoms with Crippen molar-refractivity contribution in [3.05, 3.63) is 40.9 Å². The van der Waals surface area contributed by atoms with Crippen LogP contribution in [0.1, 0.15) is 0 Å². The van der Waals surface area contributed by atoms with Gasteiger partial charge in [0.15, 0.2) is 0 Å². The van der Waals surface area contributed by atoms with Crippen LogP contribution in [-0.4, -0.2) is 35.5 Å². The largest absolute Gasteiger partial charge is 0.298 e. The third-order valence-corrected chi connectivity index (χ3v) is 3.87. The van der Waals surface area contributed by atoms with Gasteiger partial charge in [-0.05, 0) is 22.6 Å². The van der Waals surface area contributed by atoms with Gasteiger partial charge in [-0.1, -0.05) is 23.9 Å². The van der Waals surface area contributed by atoms with Crippen LogP contribution in [0.3, 0.4) is 0 Å². The smallest absolute Gasteiger partial charge is 0.261 e. The Morgan fingerprint density at radius 2 is 2.15 bits per heavy atom. The first-order valence-corrected chi connectivity index (χ1v) is 7.03. The first kappa shape index (κ1) is 12.8. The predicted octanol–water partition coefficient (Wildman–Crippen LogP) is 0.712. The number of para-hydroxylation sites is 1. The van der Waals surface area contributed by atoms with E-state index in [0.29, 0.717) is 17.7 Å². The Bertz CT molecular complexity index is 796. The fraction of sp³-hybridized carbons (Fsp3) is 0.250. The molecule has 7 nitrogen and oxygen atoms in total. The lowest BCUT2D eigenvalue weighted by atomic mass is 10.2. The average molecular weight is 288 g/mol. The van der Waals surface area contributed by atoms with E-state index in [4.69, 9.17) is 0 Å². The highest BCUT2D eigenvalue weighted by Crippen LogP contribution is 2.12. The van der Waals surface area contributed by atoms with Crippen molar-refractivity contribution in [2.24, 2.45) is 7.05 Å². The lowest BCUT2D eigenvalue weighted by Crippen LogP contribution is -2.21. The van der Waals surface area contributed by atoms with E-state index in [2.05, 4.69) is 20.5 Å². The average Bonchev–Trinajstić information content (AvgIpc) is 2.87. The summed E-state index contributed by atoms with van der Waals surface area (Å²) < 4.78 is 3.21. The van der Waals surface area contributed by atoms with Gasteiger partial charge < -0.3 is 0 Å². The molecule has 0 amide bonds. The Morgan fingerprint density at radius 3 is 2.95 bits per heavy atom. The molecule has 0 bridgehead atoms. The second kappa shape index (κ2) is 5.41. The standard InChI is InChI=1S/C12H12N6OS/c1-17-12(14-15-16-17)20-7-6-18-8-13-10-5-3-2-4-9(10)11(18)19/h2-5,8H,6-7H2,1H3. The van der Waals surface area contributed by atoms with Crippen LogP contribution in [0.2, 0.25) is 0 Å². The first-order chi connectivity index (χ1) is 9.75. The molecule has 0 aliphatic rings. The third-order valence-electron chi connectivity index (χ3n) is 2.88. The minimum absolute atomic E-state index is 0.0210. The number of aromatic nitrogens is 6. The van der Waals surface area contributed by atoms with Crippen molar-refractivity contribution in [3.63, 3.8) is 0 Å². The molecule has 0 unspecified atom stereocenters. The number of hydrogen-bond donors (Lipinski definition) is 0. The quantitative estimate of drug-likeness (QED) is 0.658. The molecular formula is C12H12N6OS. The maximum absolute atomic E-state index is 12.3. The van der Waals surface area contributed by atoms with E-state index in [1.165, 1.54) is 11.8 Å². The van der Waals surface area contributed by atoms with Crippen LogP contribution in [0.25, 0.3) is 10.9 Å². The highest BCUT2D eigenvalue weighted by molar-refractivity contribution is 7.99. The summed E-state index contributed by atoms with van der Waals surface area (Å²) in [6.45, 7) is 0.564. The maximum atomic E-state index is 12.3. The molecule has 8 heteroatoms. The fourth-order valence-corrected chi connectivity index (χ4v) is 2.63. The fourth-order valence-electron chi connectivity index (χ4n) is 1.84. The number of nitrogens with zero attached hydrogens (tertiary/aromatic N) is 6. The van der Waals surface area contributed by atoms with Crippen LogP contribution in [0.5, 0.6) is 0 Å². The summed E-state index contributed by atoms with van der Waals surface area (Å²) >= 11 is 1.50. The topological polar surface area (TPSA) is 78.5 Å². The Hall–Kier alpha value is -2.22. The minimum atomic E-state index is -0.0210. The van der Waals surface area contributed by atoms with Crippen molar-refractivity contribution < 1.29 is 0 Å². The summed E-state index contributed by atoms with van der Waals surface area (Å²) in [5.74, 6) is 0.703.